The second kappa shape index (κ2) is 14.9. The van der Waals surface area contributed by atoms with Crippen LogP contribution >= 0.6 is 51.0 Å². The lowest BCUT2D eigenvalue weighted by Gasteiger charge is -2.04. The molecule has 0 aliphatic heterocycles. The Kier molecular flexibility index (Phi) is 12.0. The van der Waals surface area contributed by atoms with Gasteiger partial charge >= 0.3 is 13.7 Å². The number of aromatic nitrogens is 1. The topological polar surface area (TPSA) is 162 Å². The molecular weight excluding hydrogens is 627 g/mol. The number of nitriles is 2. The number of nitrogen functional groups attached to an aromatic ring is 1. The maximum atomic E-state index is 11.7. The highest BCUT2D eigenvalue weighted by Gasteiger charge is 2.10. The molecule has 0 fully saturated rings. The Morgan fingerprint density at radius 3 is 2.31 bits per heavy atom. The number of esters is 1. The third-order valence-corrected chi connectivity index (χ3v) is 7.53. The summed E-state index contributed by atoms with van der Waals surface area (Å²) in [5.74, 6) is 0.0321. The van der Waals surface area contributed by atoms with E-state index in [1.165, 1.54) is 30.6 Å². The number of nitrogens with one attached hydrogen (secondary N) is 1. The van der Waals surface area contributed by atoms with Crippen LogP contribution in [0.4, 0.5) is 5.69 Å². The molecule has 0 bridgehead atoms. The second-order valence-corrected chi connectivity index (χ2v) is 10.3. The third-order valence-electron chi connectivity index (χ3n) is 4.89. The number of hydrogen-bond donors (Lipinski definition) is 3. The van der Waals surface area contributed by atoms with Gasteiger partial charge in [-0.25, -0.2) is 4.79 Å². The Hall–Kier alpha value is -3.85. The van der Waals surface area contributed by atoms with E-state index >= 15 is 0 Å². The van der Waals surface area contributed by atoms with E-state index in [-0.39, 0.29) is 23.9 Å². The first-order valence-electron chi connectivity index (χ1n) is 10.5. The summed E-state index contributed by atoms with van der Waals surface area (Å²) in [6.07, 6.45) is 0. The molecule has 2 aromatic carbocycles. The molecule has 1 radical (unpaired) electrons. The summed E-state index contributed by atoms with van der Waals surface area (Å²) in [6, 6.07) is 17.4. The Morgan fingerprint density at radius 1 is 1.05 bits per heavy atom. The molecule has 5 rings (SSSR count). The molecule has 0 atom stereocenters. The first-order chi connectivity index (χ1) is 18.3. The molecule has 9 nitrogen and oxygen atoms in total. The minimum absolute atomic E-state index is 0. The zero-order valence-corrected chi connectivity index (χ0v) is 24.0. The number of nitrogens with zero attached hydrogens (tertiary/aromatic N) is 2. The molecule has 4 N–H and O–H groups in total. The minimum Gasteiger partial charge on any atom is -0.536 e. The van der Waals surface area contributed by atoms with Crippen molar-refractivity contribution >= 4 is 91.3 Å². The molecule has 3 heterocycles. The number of methoxy groups -OCH3 is 1. The van der Waals surface area contributed by atoms with Gasteiger partial charge in [0, 0.05) is 10.1 Å². The number of H-pyrrole nitrogens is 1. The molecule has 14 heteroatoms. The van der Waals surface area contributed by atoms with Crippen LogP contribution in [0.15, 0.2) is 67.9 Å². The third kappa shape index (κ3) is 7.83. The van der Waals surface area contributed by atoms with E-state index in [0.29, 0.717) is 41.2 Å². The number of carbonyl (C=O) groups excluding carboxylic acids is 1. The highest BCUT2D eigenvalue weighted by Crippen LogP contribution is 2.26. The predicted octanol–water partition coefficient (Wildman–Crippen LogP) is 5.38. The van der Waals surface area contributed by atoms with E-state index in [9.17, 15) is 9.59 Å². The number of pyridine rings is 1. The van der Waals surface area contributed by atoms with Crippen molar-refractivity contribution in [2.75, 3.05) is 12.8 Å². The lowest BCUT2D eigenvalue weighted by molar-refractivity contribution is 0.0600. The number of rotatable bonds is 3. The average Bonchev–Trinajstić information content (AvgIpc) is 3.60. The van der Waals surface area contributed by atoms with Crippen molar-refractivity contribution in [2.24, 2.45) is 0 Å². The quantitative estimate of drug-likeness (QED) is 0.134. The lowest BCUT2D eigenvalue weighted by Crippen LogP contribution is -2.04. The molecule has 5 aromatic rings. The van der Waals surface area contributed by atoms with Crippen molar-refractivity contribution in [3.63, 3.8) is 0 Å². The Balaban J connectivity index is 0.000000210. The van der Waals surface area contributed by atoms with Crippen LogP contribution < -0.4 is 15.9 Å². The summed E-state index contributed by atoms with van der Waals surface area (Å²) in [5, 5.41) is 31.0. The lowest BCUT2D eigenvalue weighted by atomic mass is 10.1. The summed E-state index contributed by atoms with van der Waals surface area (Å²) < 4.78 is 10.9. The summed E-state index contributed by atoms with van der Waals surface area (Å²) in [7, 11) is 1.91. The second-order valence-electron chi connectivity index (χ2n) is 7.18. The van der Waals surface area contributed by atoms with Gasteiger partial charge in [0.15, 0.2) is 0 Å². The van der Waals surface area contributed by atoms with Gasteiger partial charge in [-0.2, -0.15) is 10.5 Å². The highest BCUT2D eigenvalue weighted by molar-refractivity contribution is 9.11. The number of fused-ring (bicyclic) bond motifs is 3. The monoisotopic (exact) mass is 643 g/mol. The Morgan fingerprint density at radius 2 is 1.72 bits per heavy atom. The molecule has 0 saturated heterocycles. The van der Waals surface area contributed by atoms with Crippen molar-refractivity contribution in [2.45, 2.75) is 0 Å². The van der Waals surface area contributed by atoms with Crippen molar-refractivity contribution in [1.82, 2.24) is 4.98 Å². The van der Waals surface area contributed by atoms with Crippen LogP contribution in [0.2, 0.25) is 0 Å². The summed E-state index contributed by atoms with van der Waals surface area (Å²) >= 11 is 6.23. The number of halogens is 2. The van der Waals surface area contributed by atoms with Crippen molar-refractivity contribution < 1.29 is 19.2 Å². The van der Waals surface area contributed by atoms with Gasteiger partial charge in [0.25, 0.3) is 5.56 Å². The van der Waals surface area contributed by atoms with Gasteiger partial charge in [0.2, 0.25) is 0 Å². The van der Waals surface area contributed by atoms with E-state index in [4.69, 9.17) is 21.3 Å². The van der Waals surface area contributed by atoms with Gasteiger partial charge < -0.3 is 25.1 Å². The first kappa shape index (κ1) is 31.4. The zero-order chi connectivity index (χ0) is 27.7. The number of thiophene rings is 2. The molecule has 0 aliphatic carbocycles. The van der Waals surface area contributed by atoms with Crippen LogP contribution in [-0.4, -0.2) is 30.8 Å². The van der Waals surface area contributed by atoms with Crippen molar-refractivity contribution in [3.05, 3.63) is 90.1 Å². The van der Waals surface area contributed by atoms with E-state index in [1.54, 1.807) is 35.6 Å². The van der Waals surface area contributed by atoms with E-state index in [1.807, 2.05) is 29.0 Å². The maximum absolute atomic E-state index is 11.7. The van der Waals surface area contributed by atoms with Gasteiger partial charge in [0.05, 0.1) is 56.3 Å². The molecule has 0 spiro atoms. The standard InChI is InChI=1S/C12H6N2OS.C7H6BN2O2.C6H5BrO2S.ClH/c13-6-7-1-2-8-10(5-7)14-12(15)9-3-4-16-11(8)9;9-4-5-1-2-7(12-8-11)6(10)3-5;1-9-6(8)4-2-3-10-5(4)7;/h1-5H,(H,14,15);1-3,11H,10H2;2-3H,1H3;1H. The van der Waals surface area contributed by atoms with E-state index < -0.39 is 0 Å². The number of nitrogens with two attached hydrogens (primary N) is 1. The molecule has 39 heavy (non-hydrogen) atoms. The van der Waals surface area contributed by atoms with Crippen LogP contribution in [-0.2, 0) is 4.74 Å². The maximum Gasteiger partial charge on any atom is 0.569 e. The SMILES string of the molecule is COC(=O)c1ccsc1Br.Cl.N#Cc1ccc(O[B]O)c(N)c1.N#Cc1ccc2c(c1)[nH]c(=O)c1ccsc12. The predicted molar refractivity (Wildman–Crippen MR) is 159 cm³/mol. The Bertz CT molecular complexity index is 1740. The molecule has 3 aromatic heterocycles. The highest BCUT2D eigenvalue weighted by atomic mass is 79.9. The van der Waals surface area contributed by atoms with E-state index in [0.717, 1.165) is 19.4 Å². The van der Waals surface area contributed by atoms with Crippen LogP contribution in [0.1, 0.15) is 21.5 Å². The molecule has 0 unspecified atom stereocenters. The fraction of sp³-hybridized carbons (Fsp3) is 0.0400. The van der Waals surface area contributed by atoms with Crippen molar-refractivity contribution in [1.29, 1.82) is 10.5 Å². The number of hydrogen-bond acceptors (Lipinski definition) is 10. The molecule has 197 valence electrons. The van der Waals surface area contributed by atoms with Gasteiger partial charge in [-0.1, -0.05) is 6.07 Å². The van der Waals surface area contributed by atoms with Crippen LogP contribution in [0, 0.1) is 22.7 Å². The van der Waals surface area contributed by atoms with Gasteiger partial charge in [-0.3, -0.25) is 4.79 Å². The molecule has 0 aliphatic rings. The van der Waals surface area contributed by atoms with Gasteiger partial charge in [-0.15, -0.1) is 35.1 Å². The molecule has 0 amide bonds. The summed E-state index contributed by atoms with van der Waals surface area (Å²) in [6.45, 7) is 0. The molecular formula is C25H18BBrClN4O5S2. The number of anilines is 1. The van der Waals surface area contributed by atoms with Crippen molar-refractivity contribution in [3.8, 4) is 17.9 Å². The minimum atomic E-state index is -0.298. The van der Waals surface area contributed by atoms with E-state index in [2.05, 4.69) is 36.4 Å². The largest absolute Gasteiger partial charge is 0.569 e. The summed E-state index contributed by atoms with van der Waals surface area (Å²) in [4.78, 5) is 25.4. The van der Waals surface area contributed by atoms with Crippen LogP contribution in [0.5, 0.6) is 5.75 Å². The average molecular weight is 645 g/mol. The molecule has 0 saturated carbocycles. The zero-order valence-electron chi connectivity index (χ0n) is 20.0. The smallest absolute Gasteiger partial charge is 0.536 e. The fourth-order valence-electron chi connectivity index (χ4n) is 3.13. The van der Waals surface area contributed by atoms with Gasteiger partial charge in [-0.05, 0) is 69.2 Å². The van der Waals surface area contributed by atoms with Gasteiger partial charge in [0.1, 0.15) is 5.75 Å². The summed E-state index contributed by atoms with van der Waals surface area (Å²) in [5.41, 5.74) is 8.02. The number of aromatic amines is 1. The first-order valence-corrected chi connectivity index (χ1v) is 13.0. The number of benzene rings is 2. The number of ether oxygens (including phenoxy) is 1. The fourth-order valence-corrected chi connectivity index (χ4v) is 5.29. The normalized spacial score (nSPS) is 9.46. The van der Waals surface area contributed by atoms with Crippen LogP contribution in [0.25, 0.3) is 21.0 Å². The Labute approximate surface area is 245 Å². The number of carbonyl (C=O) groups is 1. The van der Waals surface area contributed by atoms with Crippen LogP contribution in [0.3, 0.4) is 0 Å².